The van der Waals surface area contributed by atoms with Gasteiger partial charge in [-0.05, 0) is 38.5 Å². The van der Waals surface area contributed by atoms with E-state index in [-0.39, 0.29) is 31.0 Å². The third-order valence-corrected chi connectivity index (χ3v) is 2.92. The van der Waals surface area contributed by atoms with Gasteiger partial charge in [-0.25, -0.2) is 14.4 Å². The molecule has 0 spiro atoms. The first-order chi connectivity index (χ1) is 12.0. The van der Waals surface area contributed by atoms with Crippen LogP contribution in [0.5, 0.6) is 0 Å². The fraction of sp³-hybridized carbons (Fsp3) is 0.316. The smallest absolute Gasteiger partial charge is 0.345 e. The summed E-state index contributed by atoms with van der Waals surface area (Å²) in [6.45, 7) is 5.24. The van der Waals surface area contributed by atoms with Crippen LogP contribution < -0.4 is 0 Å². The molecule has 1 aromatic carbocycles. The maximum absolute atomic E-state index is 12.2. The average Bonchev–Trinajstić information content (AvgIpc) is 2.59. The molecule has 1 rings (SSSR count). The molecule has 0 N–H and O–H groups in total. The summed E-state index contributed by atoms with van der Waals surface area (Å²) in [6, 6.07) is 8.99. The molecule has 6 heteroatoms. The first-order valence-electron chi connectivity index (χ1n) is 8.03. The highest BCUT2D eigenvalue weighted by Crippen LogP contribution is 2.14. The number of hydrogen-bond donors (Lipinski definition) is 0. The molecular weight excluding hydrogens is 324 g/mol. The van der Waals surface area contributed by atoms with E-state index < -0.39 is 17.9 Å². The second-order valence-corrected chi connectivity index (χ2v) is 4.73. The van der Waals surface area contributed by atoms with Gasteiger partial charge in [0, 0.05) is 0 Å². The maximum Gasteiger partial charge on any atom is 0.345 e. The van der Waals surface area contributed by atoms with Crippen molar-refractivity contribution in [1.82, 2.24) is 0 Å². The fourth-order valence-electron chi connectivity index (χ4n) is 1.88. The van der Waals surface area contributed by atoms with E-state index in [9.17, 15) is 14.4 Å². The lowest BCUT2D eigenvalue weighted by atomic mass is 10.1. The number of carbonyl (C=O) groups excluding carboxylic acids is 3. The second kappa shape index (κ2) is 10.8. The van der Waals surface area contributed by atoms with Crippen molar-refractivity contribution in [2.24, 2.45) is 0 Å². The zero-order valence-electron chi connectivity index (χ0n) is 14.6. The molecule has 25 heavy (non-hydrogen) atoms. The molecule has 0 heterocycles. The lowest BCUT2D eigenvalue weighted by molar-refractivity contribution is -0.146. The van der Waals surface area contributed by atoms with Crippen molar-refractivity contribution in [3.8, 4) is 0 Å². The Bertz CT molecular complexity index is 638. The Morgan fingerprint density at radius 2 is 1.28 bits per heavy atom. The summed E-state index contributed by atoms with van der Waals surface area (Å²) in [4.78, 5) is 36.3. The zero-order chi connectivity index (χ0) is 18.7. The molecule has 6 nitrogen and oxygen atoms in total. The van der Waals surface area contributed by atoms with Gasteiger partial charge in [0.2, 0.25) is 0 Å². The fourth-order valence-corrected chi connectivity index (χ4v) is 1.88. The van der Waals surface area contributed by atoms with Crippen molar-refractivity contribution >= 4 is 24.0 Å². The third-order valence-electron chi connectivity index (χ3n) is 2.92. The van der Waals surface area contributed by atoms with Gasteiger partial charge >= 0.3 is 17.9 Å². The number of ether oxygens (including phenoxy) is 3. The molecule has 0 saturated heterocycles. The predicted molar refractivity (Wildman–Crippen MR) is 92.4 cm³/mol. The van der Waals surface area contributed by atoms with Crippen LogP contribution in [0.25, 0.3) is 6.08 Å². The summed E-state index contributed by atoms with van der Waals surface area (Å²) in [5.41, 5.74) is 0.400. The first kappa shape index (κ1) is 20.2. The maximum atomic E-state index is 12.2. The molecular formula is C19H22O6. The summed E-state index contributed by atoms with van der Waals surface area (Å²) in [6.07, 6.45) is 2.66. The summed E-state index contributed by atoms with van der Waals surface area (Å²) in [5, 5.41) is 0. The number of rotatable bonds is 8. The van der Waals surface area contributed by atoms with E-state index in [1.54, 1.807) is 45.0 Å². The van der Waals surface area contributed by atoms with Gasteiger partial charge in [0.15, 0.2) is 0 Å². The Balaban J connectivity index is 3.34. The van der Waals surface area contributed by atoms with Gasteiger partial charge < -0.3 is 14.2 Å². The van der Waals surface area contributed by atoms with Crippen LogP contribution in [-0.2, 0) is 28.6 Å². The molecule has 0 saturated carbocycles. The van der Waals surface area contributed by atoms with Crippen LogP contribution in [0.15, 0.2) is 47.6 Å². The number of benzene rings is 1. The van der Waals surface area contributed by atoms with E-state index in [1.807, 2.05) is 6.07 Å². The minimum Gasteiger partial charge on any atom is -0.462 e. The Labute approximate surface area is 147 Å². The van der Waals surface area contributed by atoms with Crippen LogP contribution in [0.2, 0.25) is 0 Å². The summed E-state index contributed by atoms with van der Waals surface area (Å²) in [7, 11) is 0. The number of carbonyl (C=O) groups is 3. The molecule has 0 aliphatic heterocycles. The van der Waals surface area contributed by atoms with Gasteiger partial charge in [-0.1, -0.05) is 30.3 Å². The molecule has 134 valence electrons. The molecule has 0 radical (unpaired) electrons. The van der Waals surface area contributed by atoms with E-state index in [0.717, 1.165) is 6.08 Å². The van der Waals surface area contributed by atoms with Crippen LogP contribution >= 0.6 is 0 Å². The summed E-state index contributed by atoms with van der Waals surface area (Å²) in [5.74, 6) is -2.37. The van der Waals surface area contributed by atoms with Crippen molar-refractivity contribution in [3.63, 3.8) is 0 Å². The van der Waals surface area contributed by atoms with E-state index in [0.29, 0.717) is 5.56 Å². The highest BCUT2D eigenvalue weighted by atomic mass is 16.6. The Morgan fingerprint density at radius 3 is 1.76 bits per heavy atom. The van der Waals surface area contributed by atoms with Crippen molar-refractivity contribution in [1.29, 1.82) is 0 Å². The largest absolute Gasteiger partial charge is 0.462 e. The van der Waals surface area contributed by atoms with Gasteiger partial charge in [0.05, 0.1) is 25.4 Å². The van der Waals surface area contributed by atoms with Crippen LogP contribution in [0.1, 0.15) is 26.3 Å². The second-order valence-electron chi connectivity index (χ2n) is 4.73. The van der Waals surface area contributed by atoms with Crippen LogP contribution in [0.4, 0.5) is 0 Å². The van der Waals surface area contributed by atoms with Crippen molar-refractivity contribution in [3.05, 3.63) is 53.1 Å². The van der Waals surface area contributed by atoms with Crippen molar-refractivity contribution in [2.45, 2.75) is 20.8 Å². The highest BCUT2D eigenvalue weighted by molar-refractivity contribution is 6.16. The zero-order valence-corrected chi connectivity index (χ0v) is 14.6. The molecule has 0 aliphatic carbocycles. The number of hydrogen-bond acceptors (Lipinski definition) is 6. The van der Waals surface area contributed by atoms with Crippen LogP contribution in [0, 0.1) is 0 Å². The molecule has 0 fully saturated rings. The molecule has 0 atom stereocenters. The monoisotopic (exact) mass is 346 g/mol. The third kappa shape index (κ3) is 6.63. The Kier molecular flexibility index (Phi) is 8.71. The average molecular weight is 346 g/mol. The minimum absolute atomic E-state index is 0.0455. The SMILES string of the molecule is CCOC(=O)C(=C/C(=C\c1ccccc1)C(=O)OCC)C(=O)OCC. The predicted octanol–water partition coefficient (Wildman–Crippen LogP) is 2.69. The van der Waals surface area contributed by atoms with Gasteiger partial charge in [-0.2, -0.15) is 0 Å². The molecule has 0 amide bonds. The van der Waals surface area contributed by atoms with Gasteiger partial charge in [-0.3, -0.25) is 0 Å². The molecule has 0 bridgehead atoms. The quantitative estimate of drug-likeness (QED) is 0.180. The van der Waals surface area contributed by atoms with Gasteiger partial charge in [0.1, 0.15) is 5.57 Å². The summed E-state index contributed by atoms with van der Waals surface area (Å²) >= 11 is 0. The Hall–Kier alpha value is -2.89. The lowest BCUT2D eigenvalue weighted by Gasteiger charge is -2.08. The molecule has 0 aromatic heterocycles. The van der Waals surface area contributed by atoms with Crippen LogP contribution in [-0.4, -0.2) is 37.7 Å². The first-order valence-corrected chi connectivity index (χ1v) is 8.03. The highest BCUT2D eigenvalue weighted by Gasteiger charge is 2.23. The standard InChI is InChI=1S/C19H22O6/c1-4-23-17(20)15(12-14-10-8-7-9-11-14)13-16(18(21)24-5-2)19(22)25-6-3/h7-13H,4-6H2,1-3H3/b15-12+. The minimum atomic E-state index is -0.857. The van der Waals surface area contributed by atoms with Gasteiger partial charge in [-0.15, -0.1) is 0 Å². The van der Waals surface area contributed by atoms with Gasteiger partial charge in [0.25, 0.3) is 0 Å². The summed E-state index contributed by atoms with van der Waals surface area (Å²) < 4.78 is 14.8. The van der Waals surface area contributed by atoms with Crippen molar-refractivity contribution < 1.29 is 28.6 Å². The Morgan fingerprint density at radius 1 is 0.800 bits per heavy atom. The molecule has 1 aromatic rings. The van der Waals surface area contributed by atoms with Crippen LogP contribution in [0.3, 0.4) is 0 Å². The van der Waals surface area contributed by atoms with E-state index in [2.05, 4.69) is 0 Å². The van der Waals surface area contributed by atoms with E-state index in [4.69, 9.17) is 14.2 Å². The topological polar surface area (TPSA) is 78.9 Å². The lowest BCUT2D eigenvalue weighted by Crippen LogP contribution is -2.19. The molecule has 0 aliphatic rings. The van der Waals surface area contributed by atoms with E-state index >= 15 is 0 Å². The number of esters is 3. The van der Waals surface area contributed by atoms with E-state index in [1.165, 1.54) is 6.08 Å². The molecule has 0 unspecified atom stereocenters. The van der Waals surface area contributed by atoms with Crippen molar-refractivity contribution in [2.75, 3.05) is 19.8 Å². The normalized spacial score (nSPS) is 10.6.